The van der Waals surface area contributed by atoms with E-state index in [1.165, 1.54) is 6.92 Å². The average molecular weight is 1140 g/mol. The number of rotatable bonds is 35. The van der Waals surface area contributed by atoms with E-state index in [9.17, 15) is 72.2 Å². The van der Waals surface area contributed by atoms with E-state index >= 15 is 0 Å². The summed E-state index contributed by atoms with van der Waals surface area (Å²) in [5, 5.41) is 27.3. The molecule has 0 aromatic rings. The van der Waals surface area contributed by atoms with Crippen LogP contribution in [0, 0.1) is 17.8 Å². The standard InChI is InChI=1S/C51H86N14O15/c1-8-26(5)40(56)47(75)63-41(27(6)9-2)48(76)61-32(17-21-39(55)69)50(78)65-23-11-13-35(65)46(74)59-30(15-19-37(53)67)43(71)60-31(16-20-38(54)68)49(77)64-22-10-12-34(64)45(73)57-28(7)42(70)58-29(14-18-36(52)66)44(72)62-33(51(79)80)24-25(3)4/h25-35,40-41H,8-24,56H2,1-7H3,(H2,52,66)(H2,53,67)(H2,54,68)(H2,55,69)(H,57,73)(H,58,70)(H,59,74)(H,60,71)(H,61,76)(H,62,72)(H,63,75)(H,79,80)/t26-,27-,28-,29-,30-,31-,32-,33-,34-,35-,40-,41-/m0/s1. The number of nitrogens with one attached hydrogen (secondary N) is 7. The molecule has 0 bridgehead atoms. The fourth-order valence-electron chi connectivity index (χ4n) is 9.11. The molecule has 450 valence electrons. The van der Waals surface area contributed by atoms with Gasteiger partial charge in [0.15, 0.2) is 0 Å². The number of carbonyl (C=O) groups excluding carboxylic acids is 13. The van der Waals surface area contributed by atoms with Crippen LogP contribution in [0.2, 0.25) is 0 Å². The van der Waals surface area contributed by atoms with Crippen LogP contribution in [0.25, 0.3) is 0 Å². The predicted octanol–water partition coefficient (Wildman–Crippen LogP) is -4.01. The molecule has 18 N–H and O–H groups in total. The summed E-state index contributed by atoms with van der Waals surface area (Å²) in [7, 11) is 0. The molecule has 0 aromatic carbocycles. The second-order valence-electron chi connectivity index (χ2n) is 21.2. The highest BCUT2D eigenvalue weighted by atomic mass is 16.4. The third kappa shape index (κ3) is 22.0. The smallest absolute Gasteiger partial charge is 0.326 e. The van der Waals surface area contributed by atoms with Crippen molar-refractivity contribution in [2.45, 2.75) is 205 Å². The molecule has 0 unspecified atom stereocenters. The Kier molecular flexibility index (Phi) is 28.5. The monoisotopic (exact) mass is 1130 g/mol. The molecule has 2 aliphatic rings. The van der Waals surface area contributed by atoms with Crippen molar-refractivity contribution in [3.05, 3.63) is 0 Å². The van der Waals surface area contributed by atoms with E-state index in [4.69, 9.17) is 28.7 Å². The fraction of sp³-hybridized carbons (Fsp3) is 0.725. The van der Waals surface area contributed by atoms with Gasteiger partial charge in [0.25, 0.3) is 0 Å². The maximum atomic E-state index is 14.4. The van der Waals surface area contributed by atoms with Gasteiger partial charge in [0.1, 0.15) is 54.4 Å². The van der Waals surface area contributed by atoms with E-state index in [1.54, 1.807) is 34.6 Å². The zero-order valence-electron chi connectivity index (χ0n) is 47.0. The van der Waals surface area contributed by atoms with Gasteiger partial charge in [0, 0.05) is 38.8 Å². The number of carboxylic acids is 1. The number of likely N-dealkylation sites (tertiary alicyclic amines) is 2. The van der Waals surface area contributed by atoms with Crippen molar-refractivity contribution in [2.75, 3.05) is 13.1 Å². The molecule has 29 nitrogen and oxygen atoms in total. The Bertz CT molecular complexity index is 2270. The summed E-state index contributed by atoms with van der Waals surface area (Å²) < 4.78 is 0. The van der Waals surface area contributed by atoms with Gasteiger partial charge in [0.05, 0.1) is 6.04 Å². The first-order chi connectivity index (χ1) is 37.4. The van der Waals surface area contributed by atoms with Gasteiger partial charge in [-0.2, -0.15) is 0 Å². The number of nitrogens with two attached hydrogens (primary N) is 5. The van der Waals surface area contributed by atoms with Crippen LogP contribution in [0.15, 0.2) is 0 Å². The van der Waals surface area contributed by atoms with Gasteiger partial charge in [-0.05, 0) is 82.5 Å². The SMILES string of the molecule is CC[C@H](C)[C@H](N)C(=O)N[C@H](C(=O)N[C@@H](CCC(N)=O)C(=O)N1CCC[C@H]1C(=O)N[C@@H](CCC(N)=O)C(=O)N[C@@H](CCC(N)=O)C(=O)N1CCC[C@H]1C(=O)N[C@@H](C)C(=O)N[C@@H](CCC(N)=O)C(=O)N[C@@H](CC(C)C)C(=O)O)[C@@H](C)CC. The van der Waals surface area contributed by atoms with Gasteiger partial charge in [-0.15, -0.1) is 0 Å². The van der Waals surface area contributed by atoms with Crippen LogP contribution in [-0.4, -0.2) is 171 Å². The Morgan fingerprint density at radius 3 is 1.25 bits per heavy atom. The number of nitrogens with zero attached hydrogens (tertiary/aromatic N) is 2. The molecule has 2 aliphatic heterocycles. The van der Waals surface area contributed by atoms with Crippen molar-refractivity contribution < 1.29 is 72.2 Å². The zero-order chi connectivity index (χ0) is 60.7. The molecule has 2 heterocycles. The molecule has 29 heteroatoms. The first kappa shape index (κ1) is 68.6. The van der Waals surface area contributed by atoms with Gasteiger partial charge in [0.2, 0.25) is 76.8 Å². The molecular formula is C51H86N14O15. The number of hydrogen-bond acceptors (Lipinski definition) is 15. The van der Waals surface area contributed by atoms with Gasteiger partial charge in [-0.1, -0.05) is 54.4 Å². The first-order valence-corrected chi connectivity index (χ1v) is 27.3. The van der Waals surface area contributed by atoms with Crippen LogP contribution < -0.4 is 65.9 Å². The molecule has 0 aromatic heterocycles. The highest BCUT2D eigenvalue weighted by Crippen LogP contribution is 2.23. The van der Waals surface area contributed by atoms with E-state index in [2.05, 4.69) is 37.2 Å². The Labute approximate surface area is 465 Å². The van der Waals surface area contributed by atoms with Gasteiger partial charge in [-0.3, -0.25) is 62.3 Å². The summed E-state index contributed by atoms with van der Waals surface area (Å²) in [5.74, 6) is -13.0. The number of amides is 13. The molecule has 13 amide bonds. The second kappa shape index (κ2) is 33.2. The molecule has 12 atom stereocenters. The Morgan fingerprint density at radius 2 is 0.850 bits per heavy atom. The van der Waals surface area contributed by atoms with Crippen LogP contribution in [0.1, 0.15) is 145 Å². The lowest BCUT2D eigenvalue weighted by molar-refractivity contribution is -0.144. The number of primary amides is 4. The van der Waals surface area contributed by atoms with Crippen molar-refractivity contribution >= 4 is 82.8 Å². The van der Waals surface area contributed by atoms with Crippen molar-refractivity contribution in [3.63, 3.8) is 0 Å². The topological polar surface area (TPSA) is 480 Å². The lowest BCUT2D eigenvalue weighted by Crippen LogP contribution is -2.60. The van der Waals surface area contributed by atoms with E-state index in [1.807, 2.05) is 6.92 Å². The van der Waals surface area contributed by atoms with Crippen LogP contribution >= 0.6 is 0 Å². The Morgan fingerprint density at radius 1 is 0.475 bits per heavy atom. The van der Waals surface area contributed by atoms with Gasteiger partial charge < -0.3 is 80.8 Å². The molecular weight excluding hydrogens is 1050 g/mol. The lowest BCUT2D eigenvalue weighted by Gasteiger charge is -2.32. The van der Waals surface area contributed by atoms with Gasteiger partial charge >= 0.3 is 5.97 Å². The normalized spacial score (nSPS) is 18.8. The van der Waals surface area contributed by atoms with Crippen molar-refractivity contribution in [1.29, 1.82) is 0 Å². The van der Waals surface area contributed by atoms with Crippen LogP contribution in [0.5, 0.6) is 0 Å². The van der Waals surface area contributed by atoms with Crippen molar-refractivity contribution in [2.24, 2.45) is 46.4 Å². The highest BCUT2D eigenvalue weighted by Gasteiger charge is 2.43. The highest BCUT2D eigenvalue weighted by molar-refractivity contribution is 5.99. The third-order valence-electron chi connectivity index (χ3n) is 14.3. The second-order valence-corrected chi connectivity index (χ2v) is 21.2. The zero-order valence-corrected chi connectivity index (χ0v) is 47.0. The number of aliphatic carboxylic acids is 1. The maximum absolute atomic E-state index is 14.4. The minimum absolute atomic E-state index is 0.00675. The molecule has 0 saturated carbocycles. The number of hydrogen-bond donors (Lipinski definition) is 13. The molecule has 0 aliphatic carbocycles. The van der Waals surface area contributed by atoms with E-state index in [0.29, 0.717) is 12.8 Å². The van der Waals surface area contributed by atoms with E-state index in [0.717, 1.165) is 9.80 Å². The third-order valence-corrected chi connectivity index (χ3v) is 14.3. The summed E-state index contributed by atoms with van der Waals surface area (Å²) in [6, 6.07) is -13.3. The lowest BCUT2D eigenvalue weighted by atomic mass is 9.95. The Hall–Kier alpha value is -7.46. The first-order valence-electron chi connectivity index (χ1n) is 27.3. The van der Waals surface area contributed by atoms with Crippen LogP contribution in [0.4, 0.5) is 0 Å². The fourth-order valence-corrected chi connectivity index (χ4v) is 9.11. The molecule has 0 radical (unpaired) electrons. The van der Waals surface area contributed by atoms with Gasteiger partial charge in [-0.25, -0.2) is 4.79 Å². The summed E-state index contributed by atoms with van der Waals surface area (Å²) in [5.41, 5.74) is 27.7. The molecule has 2 rings (SSSR count). The maximum Gasteiger partial charge on any atom is 0.326 e. The molecule has 2 saturated heterocycles. The predicted molar refractivity (Wildman–Crippen MR) is 286 cm³/mol. The number of carboxylic acid groups (broad SMARTS) is 1. The largest absolute Gasteiger partial charge is 0.480 e. The Balaban J connectivity index is 2.37. The average Bonchev–Trinajstić information content (AvgIpc) is 4.10. The van der Waals surface area contributed by atoms with Crippen LogP contribution in [0.3, 0.4) is 0 Å². The molecule has 80 heavy (non-hydrogen) atoms. The molecule has 2 fully saturated rings. The minimum Gasteiger partial charge on any atom is -0.480 e. The summed E-state index contributed by atoms with van der Waals surface area (Å²) >= 11 is 0. The van der Waals surface area contributed by atoms with Crippen molar-refractivity contribution in [1.82, 2.24) is 47.0 Å². The number of carbonyl (C=O) groups is 14. The van der Waals surface area contributed by atoms with E-state index in [-0.39, 0.29) is 82.7 Å². The molecule has 0 spiro atoms. The van der Waals surface area contributed by atoms with Crippen molar-refractivity contribution in [3.8, 4) is 0 Å². The minimum atomic E-state index is -1.60. The van der Waals surface area contributed by atoms with E-state index < -0.39 is 175 Å². The summed E-state index contributed by atoms with van der Waals surface area (Å²) in [6.07, 6.45) is -1.29. The quantitative estimate of drug-likeness (QED) is 0.0288. The summed E-state index contributed by atoms with van der Waals surface area (Å²) in [4.78, 5) is 186. The summed E-state index contributed by atoms with van der Waals surface area (Å²) in [6.45, 7) is 11.8. The van der Waals surface area contributed by atoms with Crippen LogP contribution in [-0.2, 0) is 67.1 Å².